The summed E-state index contributed by atoms with van der Waals surface area (Å²) in [5.41, 5.74) is 1.13. The Morgan fingerprint density at radius 1 is 1.60 bits per heavy atom. The lowest BCUT2D eigenvalue weighted by atomic mass is 10.0. The van der Waals surface area contributed by atoms with Gasteiger partial charge in [-0.25, -0.2) is 0 Å². The number of benzene rings is 1. The number of rotatable bonds is 5. The van der Waals surface area contributed by atoms with Crippen molar-refractivity contribution in [1.29, 1.82) is 0 Å². The lowest BCUT2D eigenvalue weighted by molar-refractivity contribution is 0.555. The molecule has 0 heterocycles. The first-order valence-electron chi connectivity index (χ1n) is 4.92. The van der Waals surface area contributed by atoms with E-state index >= 15 is 0 Å². The SMILES string of the molecule is C=CCCC(NC)c1cccc(Br)c1Cl. The molecule has 0 aromatic heterocycles. The van der Waals surface area contributed by atoms with Crippen LogP contribution in [0.25, 0.3) is 0 Å². The van der Waals surface area contributed by atoms with Crippen molar-refractivity contribution < 1.29 is 0 Å². The highest BCUT2D eigenvalue weighted by molar-refractivity contribution is 9.10. The fraction of sp³-hybridized carbons (Fsp3) is 0.333. The third-order valence-electron chi connectivity index (χ3n) is 2.36. The molecular formula is C12H15BrClN. The predicted octanol–water partition coefficient (Wildman–Crippen LogP) is 4.33. The second-order valence-corrected chi connectivity index (χ2v) is 4.58. The molecule has 1 atom stereocenters. The van der Waals surface area contributed by atoms with Crippen LogP contribution in [-0.2, 0) is 0 Å². The first kappa shape index (κ1) is 12.8. The van der Waals surface area contributed by atoms with Crippen LogP contribution in [-0.4, -0.2) is 7.05 Å². The number of nitrogens with one attached hydrogen (secondary N) is 1. The van der Waals surface area contributed by atoms with Gasteiger partial charge in [-0.05, 0) is 47.4 Å². The van der Waals surface area contributed by atoms with Crippen molar-refractivity contribution in [3.63, 3.8) is 0 Å². The van der Waals surface area contributed by atoms with Crippen molar-refractivity contribution in [2.75, 3.05) is 7.05 Å². The van der Waals surface area contributed by atoms with Gasteiger partial charge in [0.15, 0.2) is 0 Å². The molecule has 15 heavy (non-hydrogen) atoms. The van der Waals surface area contributed by atoms with E-state index in [2.05, 4.69) is 33.9 Å². The Hall–Kier alpha value is -0.310. The molecule has 0 amide bonds. The van der Waals surface area contributed by atoms with Gasteiger partial charge in [0.05, 0.1) is 5.02 Å². The van der Waals surface area contributed by atoms with Crippen molar-refractivity contribution in [2.24, 2.45) is 0 Å². The number of hydrogen-bond acceptors (Lipinski definition) is 1. The average molecular weight is 289 g/mol. The zero-order chi connectivity index (χ0) is 11.3. The summed E-state index contributed by atoms with van der Waals surface area (Å²) in [6.07, 6.45) is 3.92. The van der Waals surface area contributed by atoms with Crippen LogP contribution in [0.1, 0.15) is 24.4 Å². The molecule has 0 saturated carbocycles. The van der Waals surface area contributed by atoms with Crippen LogP contribution in [0, 0.1) is 0 Å². The highest BCUT2D eigenvalue weighted by atomic mass is 79.9. The normalized spacial score (nSPS) is 12.5. The van der Waals surface area contributed by atoms with E-state index in [4.69, 9.17) is 11.6 Å². The van der Waals surface area contributed by atoms with Gasteiger partial charge in [0.2, 0.25) is 0 Å². The van der Waals surface area contributed by atoms with Gasteiger partial charge in [0.1, 0.15) is 0 Å². The first-order valence-corrected chi connectivity index (χ1v) is 6.10. The van der Waals surface area contributed by atoms with Gasteiger partial charge < -0.3 is 5.32 Å². The molecule has 0 fully saturated rings. The summed E-state index contributed by atoms with van der Waals surface area (Å²) in [6.45, 7) is 3.73. The van der Waals surface area contributed by atoms with E-state index in [1.807, 2.05) is 25.3 Å². The fourth-order valence-corrected chi connectivity index (χ4v) is 2.17. The van der Waals surface area contributed by atoms with Gasteiger partial charge in [-0.2, -0.15) is 0 Å². The van der Waals surface area contributed by atoms with Crippen LogP contribution in [0.15, 0.2) is 35.3 Å². The minimum atomic E-state index is 0.285. The number of allylic oxidation sites excluding steroid dienone is 1. The average Bonchev–Trinajstić information content (AvgIpc) is 2.25. The molecule has 1 unspecified atom stereocenters. The Morgan fingerprint density at radius 3 is 2.93 bits per heavy atom. The summed E-state index contributed by atoms with van der Waals surface area (Å²) >= 11 is 9.66. The molecule has 1 aromatic rings. The fourth-order valence-electron chi connectivity index (χ4n) is 1.53. The maximum Gasteiger partial charge on any atom is 0.0595 e. The van der Waals surface area contributed by atoms with E-state index in [1.165, 1.54) is 0 Å². The number of halogens is 2. The summed E-state index contributed by atoms with van der Waals surface area (Å²) < 4.78 is 0.945. The van der Waals surface area contributed by atoms with Gasteiger partial charge in [-0.1, -0.05) is 29.8 Å². The van der Waals surface area contributed by atoms with Crippen LogP contribution in [0.2, 0.25) is 5.02 Å². The Morgan fingerprint density at radius 2 is 2.33 bits per heavy atom. The molecule has 1 aromatic carbocycles. The van der Waals surface area contributed by atoms with Crippen molar-refractivity contribution in [1.82, 2.24) is 5.32 Å². The molecular weight excluding hydrogens is 273 g/mol. The summed E-state index contributed by atoms with van der Waals surface area (Å²) in [7, 11) is 1.95. The number of hydrogen-bond donors (Lipinski definition) is 1. The predicted molar refractivity (Wildman–Crippen MR) is 70.4 cm³/mol. The Balaban J connectivity index is 2.90. The Bertz CT molecular complexity index is 338. The second kappa shape index (κ2) is 6.31. The molecule has 3 heteroatoms. The van der Waals surface area contributed by atoms with E-state index in [-0.39, 0.29) is 6.04 Å². The van der Waals surface area contributed by atoms with Crippen LogP contribution >= 0.6 is 27.5 Å². The molecule has 0 aliphatic heterocycles. The Labute approximate surface area is 105 Å². The van der Waals surface area contributed by atoms with Crippen molar-refractivity contribution in [2.45, 2.75) is 18.9 Å². The zero-order valence-electron chi connectivity index (χ0n) is 8.76. The highest BCUT2D eigenvalue weighted by Gasteiger charge is 2.13. The van der Waals surface area contributed by atoms with Crippen molar-refractivity contribution in [3.05, 3.63) is 45.9 Å². The maximum absolute atomic E-state index is 6.23. The van der Waals surface area contributed by atoms with E-state index in [1.54, 1.807) is 0 Å². The molecule has 0 bridgehead atoms. The molecule has 82 valence electrons. The lowest BCUT2D eigenvalue weighted by Crippen LogP contribution is -2.16. The monoisotopic (exact) mass is 287 g/mol. The smallest absolute Gasteiger partial charge is 0.0595 e. The topological polar surface area (TPSA) is 12.0 Å². The van der Waals surface area contributed by atoms with E-state index in [9.17, 15) is 0 Å². The van der Waals surface area contributed by atoms with Crippen LogP contribution in [0.5, 0.6) is 0 Å². The molecule has 0 saturated heterocycles. The Kier molecular flexibility index (Phi) is 5.37. The lowest BCUT2D eigenvalue weighted by Gasteiger charge is -2.17. The van der Waals surface area contributed by atoms with Gasteiger partial charge in [-0.3, -0.25) is 0 Å². The summed E-state index contributed by atoms with van der Waals surface area (Å²) in [5.74, 6) is 0. The van der Waals surface area contributed by atoms with E-state index in [0.29, 0.717) is 0 Å². The molecule has 0 spiro atoms. The standard InChI is InChI=1S/C12H15BrClN/c1-3-4-8-11(15-2)9-6-5-7-10(13)12(9)14/h3,5-7,11,15H,1,4,8H2,2H3. The van der Waals surface area contributed by atoms with Gasteiger partial charge in [0.25, 0.3) is 0 Å². The molecule has 0 aliphatic carbocycles. The first-order chi connectivity index (χ1) is 7.20. The third-order valence-corrected chi connectivity index (χ3v) is 3.68. The van der Waals surface area contributed by atoms with Crippen LogP contribution in [0.4, 0.5) is 0 Å². The summed E-state index contributed by atoms with van der Waals surface area (Å²) in [5, 5.41) is 4.06. The van der Waals surface area contributed by atoms with Gasteiger partial charge in [0, 0.05) is 10.5 Å². The largest absolute Gasteiger partial charge is 0.313 e. The second-order valence-electron chi connectivity index (χ2n) is 3.35. The van der Waals surface area contributed by atoms with Gasteiger partial charge >= 0.3 is 0 Å². The quantitative estimate of drug-likeness (QED) is 0.795. The maximum atomic E-state index is 6.23. The minimum absolute atomic E-state index is 0.285. The van der Waals surface area contributed by atoms with Crippen molar-refractivity contribution in [3.8, 4) is 0 Å². The van der Waals surface area contributed by atoms with Crippen LogP contribution in [0.3, 0.4) is 0 Å². The molecule has 0 aliphatic rings. The summed E-state index contributed by atoms with van der Waals surface area (Å²) in [4.78, 5) is 0. The van der Waals surface area contributed by atoms with E-state index < -0.39 is 0 Å². The van der Waals surface area contributed by atoms with Crippen molar-refractivity contribution >= 4 is 27.5 Å². The highest BCUT2D eigenvalue weighted by Crippen LogP contribution is 2.31. The minimum Gasteiger partial charge on any atom is -0.313 e. The van der Waals surface area contributed by atoms with Crippen LogP contribution < -0.4 is 5.32 Å². The molecule has 1 N–H and O–H groups in total. The summed E-state index contributed by atoms with van der Waals surface area (Å²) in [6, 6.07) is 6.29. The molecule has 1 nitrogen and oxygen atoms in total. The van der Waals surface area contributed by atoms with Gasteiger partial charge in [-0.15, -0.1) is 6.58 Å². The zero-order valence-corrected chi connectivity index (χ0v) is 11.1. The third kappa shape index (κ3) is 3.33. The van der Waals surface area contributed by atoms with E-state index in [0.717, 1.165) is 27.9 Å². The molecule has 0 radical (unpaired) electrons. The molecule has 1 rings (SSSR count).